The van der Waals surface area contributed by atoms with Gasteiger partial charge in [0.2, 0.25) is 5.88 Å². The maximum atomic E-state index is 13.4. The molecule has 1 aromatic carbocycles. The van der Waals surface area contributed by atoms with Crippen LogP contribution >= 0.6 is 0 Å². The van der Waals surface area contributed by atoms with Gasteiger partial charge in [-0.15, -0.1) is 0 Å². The van der Waals surface area contributed by atoms with Gasteiger partial charge in [-0.1, -0.05) is 17.3 Å². The molecule has 0 aliphatic rings. The lowest BCUT2D eigenvalue weighted by atomic mass is 10.0. The Bertz CT molecular complexity index is 786. The van der Waals surface area contributed by atoms with Crippen molar-refractivity contribution in [3.05, 3.63) is 48.4 Å². The van der Waals surface area contributed by atoms with Crippen LogP contribution in [0.2, 0.25) is 0 Å². The number of aromatic nitrogens is 2. The van der Waals surface area contributed by atoms with Crippen LogP contribution in [0.4, 0.5) is 10.2 Å². The number of halogens is 1. The fraction of sp³-hybridized carbons (Fsp3) is 0.0667. The van der Waals surface area contributed by atoms with Crippen molar-refractivity contribution in [1.82, 2.24) is 10.1 Å². The number of nitrogens with two attached hydrogens (primary N) is 1. The maximum Gasteiger partial charge on any atom is 0.224 e. The molecule has 0 spiro atoms. The molecule has 0 saturated heterocycles. The van der Waals surface area contributed by atoms with Crippen molar-refractivity contribution in [1.29, 1.82) is 0 Å². The molecule has 21 heavy (non-hydrogen) atoms. The monoisotopic (exact) mass is 285 g/mol. The summed E-state index contributed by atoms with van der Waals surface area (Å²) in [6.45, 7) is 0. The van der Waals surface area contributed by atoms with Gasteiger partial charge in [0.1, 0.15) is 5.82 Å². The molecule has 106 valence electrons. The first-order chi connectivity index (χ1) is 10.2. The largest absolute Gasteiger partial charge is 0.480 e. The summed E-state index contributed by atoms with van der Waals surface area (Å²) in [7, 11) is 1.51. The Morgan fingerprint density at radius 1 is 1.24 bits per heavy atom. The van der Waals surface area contributed by atoms with Gasteiger partial charge < -0.3 is 15.0 Å². The quantitative estimate of drug-likeness (QED) is 0.800. The summed E-state index contributed by atoms with van der Waals surface area (Å²) in [5.41, 5.74) is 7.56. The molecule has 2 N–H and O–H groups in total. The molecule has 5 nitrogen and oxygen atoms in total. The normalized spacial score (nSPS) is 10.6. The zero-order valence-corrected chi connectivity index (χ0v) is 11.2. The minimum Gasteiger partial charge on any atom is -0.480 e. The standard InChI is InChI=1S/C15H12FN3O2/c1-20-15-11(6-3-7-18-15)13-12(14(17)19-21-13)9-4-2-5-10(16)8-9/h2-8H,1H3,(H2,17,19). The summed E-state index contributed by atoms with van der Waals surface area (Å²) >= 11 is 0. The second kappa shape index (κ2) is 5.24. The minimum atomic E-state index is -0.364. The van der Waals surface area contributed by atoms with Crippen molar-refractivity contribution in [3.8, 4) is 28.3 Å². The van der Waals surface area contributed by atoms with Gasteiger partial charge in [-0.25, -0.2) is 9.37 Å². The van der Waals surface area contributed by atoms with Crippen LogP contribution in [0.3, 0.4) is 0 Å². The molecule has 0 bridgehead atoms. The van der Waals surface area contributed by atoms with Gasteiger partial charge in [-0.2, -0.15) is 0 Å². The Morgan fingerprint density at radius 2 is 2.10 bits per heavy atom. The van der Waals surface area contributed by atoms with Gasteiger partial charge in [0.15, 0.2) is 11.6 Å². The fourth-order valence-electron chi connectivity index (χ4n) is 2.14. The van der Waals surface area contributed by atoms with Crippen LogP contribution < -0.4 is 10.5 Å². The molecule has 0 fully saturated rings. The number of methoxy groups -OCH3 is 1. The van der Waals surface area contributed by atoms with Crippen molar-refractivity contribution < 1.29 is 13.7 Å². The average molecular weight is 285 g/mol. The van der Waals surface area contributed by atoms with Crippen LogP contribution in [0, 0.1) is 5.82 Å². The van der Waals surface area contributed by atoms with E-state index in [1.165, 1.54) is 19.2 Å². The van der Waals surface area contributed by atoms with Crippen LogP contribution in [-0.2, 0) is 0 Å². The smallest absolute Gasteiger partial charge is 0.224 e. The summed E-state index contributed by atoms with van der Waals surface area (Å²) in [6, 6.07) is 9.58. The number of rotatable bonds is 3. The Morgan fingerprint density at radius 3 is 2.86 bits per heavy atom. The van der Waals surface area contributed by atoms with Gasteiger partial charge in [-0.3, -0.25) is 0 Å². The topological polar surface area (TPSA) is 74.2 Å². The third-order valence-electron chi connectivity index (χ3n) is 3.04. The molecule has 3 rings (SSSR count). The number of ether oxygens (including phenoxy) is 1. The van der Waals surface area contributed by atoms with Gasteiger partial charge in [0.25, 0.3) is 0 Å². The van der Waals surface area contributed by atoms with Crippen molar-refractivity contribution in [2.75, 3.05) is 12.8 Å². The highest BCUT2D eigenvalue weighted by molar-refractivity contribution is 5.87. The predicted molar refractivity (Wildman–Crippen MR) is 76.1 cm³/mol. The summed E-state index contributed by atoms with van der Waals surface area (Å²) in [5, 5.41) is 3.77. The van der Waals surface area contributed by atoms with E-state index in [1.807, 2.05) is 0 Å². The van der Waals surface area contributed by atoms with Gasteiger partial charge in [0, 0.05) is 6.20 Å². The molecule has 0 radical (unpaired) electrons. The molecular formula is C15H12FN3O2. The Kier molecular flexibility index (Phi) is 3.27. The third kappa shape index (κ3) is 2.31. The molecule has 0 saturated carbocycles. The number of hydrogen-bond acceptors (Lipinski definition) is 5. The number of hydrogen-bond donors (Lipinski definition) is 1. The van der Waals surface area contributed by atoms with E-state index >= 15 is 0 Å². The van der Waals surface area contributed by atoms with Crippen molar-refractivity contribution >= 4 is 5.82 Å². The highest BCUT2D eigenvalue weighted by Gasteiger charge is 2.21. The summed E-state index contributed by atoms with van der Waals surface area (Å²) < 4.78 is 24.0. The van der Waals surface area contributed by atoms with Crippen molar-refractivity contribution in [2.24, 2.45) is 0 Å². The first-order valence-corrected chi connectivity index (χ1v) is 6.21. The van der Waals surface area contributed by atoms with E-state index in [2.05, 4.69) is 10.1 Å². The highest BCUT2D eigenvalue weighted by atomic mass is 19.1. The number of benzene rings is 1. The van der Waals surface area contributed by atoms with Crippen LogP contribution in [-0.4, -0.2) is 17.3 Å². The van der Waals surface area contributed by atoms with Gasteiger partial charge in [0.05, 0.1) is 18.2 Å². The summed E-state index contributed by atoms with van der Waals surface area (Å²) in [6.07, 6.45) is 1.60. The average Bonchev–Trinajstić information content (AvgIpc) is 2.88. The zero-order chi connectivity index (χ0) is 14.8. The molecule has 0 unspecified atom stereocenters. The molecule has 0 aliphatic heterocycles. The highest BCUT2D eigenvalue weighted by Crippen LogP contribution is 2.39. The Labute approximate surface area is 120 Å². The van der Waals surface area contributed by atoms with Crippen LogP contribution in [0.15, 0.2) is 47.1 Å². The van der Waals surface area contributed by atoms with E-state index in [4.69, 9.17) is 15.0 Å². The van der Waals surface area contributed by atoms with E-state index in [9.17, 15) is 4.39 Å². The lowest BCUT2D eigenvalue weighted by Crippen LogP contribution is -1.93. The molecule has 0 amide bonds. The summed E-state index contributed by atoms with van der Waals surface area (Å²) in [5.74, 6) is 0.591. The van der Waals surface area contributed by atoms with E-state index in [0.717, 1.165) is 0 Å². The molecule has 3 aromatic rings. The third-order valence-corrected chi connectivity index (χ3v) is 3.04. The molecule has 0 aliphatic carbocycles. The van der Waals surface area contributed by atoms with E-state index < -0.39 is 0 Å². The fourth-order valence-corrected chi connectivity index (χ4v) is 2.14. The number of pyridine rings is 1. The van der Waals surface area contributed by atoms with Crippen molar-refractivity contribution in [3.63, 3.8) is 0 Å². The maximum absolute atomic E-state index is 13.4. The van der Waals surface area contributed by atoms with E-state index in [1.54, 1.807) is 30.5 Å². The molecule has 0 atom stereocenters. The number of nitrogen functional groups attached to an aromatic ring is 1. The Balaban J connectivity index is 2.22. The van der Waals surface area contributed by atoms with Crippen LogP contribution in [0.25, 0.3) is 22.5 Å². The molecule has 2 heterocycles. The van der Waals surface area contributed by atoms with E-state index in [-0.39, 0.29) is 11.6 Å². The molecular weight excluding hydrogens is 273 g/mol. The van der Waals surface area contributed by atoms with Crippen LogP contribution in [0.5, 0.6) is 5.88 Å². The van der Waals surface area contributed by atoms with E-state index in [0.29, 0.717) is 28.3 Å². The lowest BCUT2D eigenvalue weighted by Gasteiger charge is -2.06. The van der Waals surface area contributed by atoms with Crippen molar-refractivity contribution in [2.45, 2.75) is 0 Å². The molecule has 2 aromatic heterocycles. The predicted octanol–water partition coefficient (Wildman–Crippen LogP) is 3.13. The zero-order valence-electron chi connectivity index (χ0n) is 11.2. The number of anilines is 1. The first-order valence-electron chi connectivity index (χ1n) is 6.21. The second-order valence-corrected chi connectivity index (χ2v) is 4.34. The van der Waals surface area contributed by atoms with Gasteiger partial charge in [-0.05, 0) is 29.8 Å². The second-order valence-electron chi connectivity index (χ2n) is 4.34. The Hall–Kier alpha value is -2.89. The summed E-state index contributed by atoms with van der Waals surface area (Å²) in [4.78, 5) is 4.11. The first kappa shape index (κ1) is 13.1. The molecule has 6 heteroatoms. The van der Waals surface area contributed by atoms with Crippen LogP contribution in [0.1, 0.15) is 0 Å². The number of nitrogens with zero attached hydrogens (tertiary/aromatic N) is 2. The minimum absolute atomic E-state index is 0.182. The SMILES string of the molecule is COc1ncccc1-c1onc(N)c1-c1cccc(F)c1. The lowest BCUT2D eigenvalue weighted by molar-refractivity contribution is 0.393. The van der Waals surface area contributed by atoms with Gasteiger partial charge >= 0.3 is 0 Å².